The molecule has 120 valence electrons. The van der Waals surface area contributed by atoms with Crippen LogP contribution in [0.3, 0.4) is 0 Å². The van der Waals surface area contributed by atoms with Crippen LogP contribution < -0.4 is 10.2 Å². The van der Waals surface area contributed by atoms with Gasteiger partial charge in [-0.3, -0.25) is 4.79 Å². The van der Waals surface area contributed by atoms with E-state index in [2.05, 4.69) is 11.4 Å². The Labute approximate surface area is 142 Å². The number of hydrogen-bond donors (Lipinski definition) is 2. The highest BCUT2D eigenvalue weighted by Crippen LogP contribution is 2.20. The van der Waals surface area contributed by atoms with Gasteiger partial charge < -0.3 is 10.2 Å². The van der Waals surface area contributed by atoms with E-state index in [9.17, 15) is 10.1 Å². The van der Waals surface area contributed by atoms with E-state index in [-0.39, 0.29) is 18.4 Å². The zero-order chi connectivity index (χ0) is 16.9. The molecule has 1 aromatic carbocycles. The van der Waals surface area contributed by atoms with E-state index in [1.54, 1.807) is 19.1 Å². The van der Waals surface area contributed by atoms with Gasteiger partial charge in [0.25, 0.3) is 5.91 Å². The summed E-state index contributed by atoms with van der Waals surface area (Å²) >= 11 is 12.0. The second-order valence-corrected chi connectivity index (χ2v) is 6.91. The summed E-state index contributed by atoms with van der Waals surface area (Å²) in [5, 5.41) is 13.2. The minimum atomic E-state index is -0.852. The molecule has 0 bridgehead atoms. The van der Waals surface area contributed by atoms with Crippen LogP contribution in [0.15, 0.2) is 18.2 Å². The van der Waals surface area contributed by atoms with Crippen molar-refractivity contribution in [3.63, 3.8) is 0 Å². The molecule has 0 radical (unpaired) electrons. The van der Waals surface area contributed by atoms with Crippen LogP contribution in [0, 0.1) is 17.2 Å². The lowest BCUT2D eigenvalue weighted by Gasteiger charge is -2.27. The number of likely N-dealkylation sites (N-methyl/N-ethyl adjacent to an activating group) is 1. The van der Waals surface area contributed by atoms with Gasteiger partial charge in [0.2, 0.25) is 0 Å². The molecule has 0 heterocycles. The first-order valence-electron chi connectivity index (χ1n) is 7.15. The summed E-state index contributed by atoms with van der Waals surface area (Å²) in [5.41, 5.74) is 0.0817. The van der Waals surface area contributed by atoms with Gasteiger partial charge in [-0.1, -0.05) is 43.1 Å². The van der Waals surface area contributed by atoms with Crippen molar-refractivity contribution in [2.45, 2.75) is 32.9 Å². The van der Waals surface area contributed by atoms with Gasteiger partial charge in [0.15, 0.2) is 6.54 Å². The van der Waals surface area contributed by atoms with Gasteiger partial charge in [-0.2, -0.15) is 5.26 Å². The topological polar surface area (TPSA) is 57.3 Å². The van der Waals surface area contributed by atoms with Crippen molar-refractivity contribution < 1.29 is 9.69 Å². The van der Waals surface area contributed by atoms with E-state index in [1.165, 1.54) is 0 Å². The maximum Gasteiger partial charge on any atom is 0.276 e. The molecule has 0 fully saturated rings. The molecule has 1 unspecified atom stereocenters. The van der Waals surface area contributed by atoms with Crippen LogP contribution in [0.25, 0.3) is 0 Å². The summed E-state index contributed by atoms with van der Waals surface area (Å²) in [6.45, 7) is 6.43. The lowest BCUT2D eigenvalue weighted by Crippen LogP contribution is -3.09. The Balaban J connectivity index is 2.63. The number of amides is 1. The Bertz CT molecular complexity index is 583. The molecule has 22 heavy (non-hydrogen) atoms. The molecule has 0 aliphatic carbocycles. The van der Waals surface area contributed by atoms with E-state index in [0.29, 0.717) is 16.6 Å². The fourth-order valence-electron chi connectivity index (χ4n) is 1.96. The van der Waals surface area contributed by atoms with Crippen molar-refractivity contribution in [3.05, 3.63) is 33.8 Å². The van der Waals surface area contributed by atoms with Crippen LogP contribution in [0.1, 0.15) is 26.3 Å². The Morgan fingerprint density at radius 3 is 2.59 bits per heavy atom. The number of carbonyl (C=O) groups is 1. The van der Waals surface area contributed by atoms with Crippen molar-refractivity contribution in [2.24, 2.45) is 5.92 Å². The number of benzene rings is 1. The van der Waals surface area contributed by atoms with Crippen LogP contribution in [0.4, 0.5) is 0 Å². The van der Waals surface area contributed by atoms with Crippen LogP contribution in [-0.2, 0) is 11.3 Å². The molecule has 0 saturated heterocycles. The maximum atomic E-state index is 12.1. The average molecular weight is 343 g/mol. The Kier molecular flexibility index (Phi) is 6.67. The van der Waals surface area contributed by atoms with Crippen LogP contribution >= 0.6 is 23.2 Å². The van der Waals surface area contributed by atoms with Gasteiger partial charge in [-0.05, 0) is 25.0 Å². The van der Waals surface area contributed by atoms with Crippen molar-refractivity contribution >= 4 is 29.1 Å². The molecule has 2 atom stereocenters. The van der Waals surface area contributed by atoms with E-state index in [1.807, 2.05) is 27.0 Å². The first-order chi connectivity index (χ1) is 10.2. The number of quaternary nitrogens is 1. The fraction of sp³-hybridized carbons (Fsp3) is 0.500. The van der Waals surface area contributed by atoms with Crippen molar-refractivity contribution in [2.75, 3.05) is 13.6 Å². The van der Waals surface area contributed by atoms with Gasteiger partial charge in [0, 0.05) is 10.6 Å². The minimum Gasteiger partial charge on any atom is -0.333 e. The van der Waals surface area contributed by atoms with Gasteiger partial charge in [-0.25, -0.2) is 0 Å². The first-order valence-corrected chi connectivity index (χ1v) is 7.91. The summed E-state index contributed by atoms with van der Waals surface area (Å²) < 4.78 is 0. The summed E-state index contributed by atoms with van der Waals surface area (Å²) in [4.78, 5) is 13.1. The van der Waals surface area contributed by atoms with Crippen LogP contribution in [-0.4, -0.2) is 25.0 Å². The number of nitrogens with zero attached hydrogens (tertiary/aromatic N) is 1. The number of halogens is 2. The molecule has 0 aromatic heterocycles. The SMILES string of the molecule is CC(C)[C@@](C)(C#N)NC(=O)C[NH+](C)Cc1ccc(Cl)cc1Cl. The Hall–Kier alpha value is -1.28. The van der Waals surface area contributed by atoms with Crippen LogP contribution in [0.5, 0.6) is 0 Å². The standard InChI is InChI=1S/C16H21Cl2N3O/c1-11(2)16(3,10-19)20-15(22)9-21(4)8-12-5-6-13(17)7-14(12)18/h5-7,11H,8-9H2,1-4H3,(H,20,22)/p+1/t16-/m1/s1. The second kappa shape index (κ2) is 7.82. The van der Waals surface area contributed by atoms with E-state index >= 15 is 0 Å². The molecule has 1 aromatic rings. The molecular formula is C16H22Cl2N3O+. The summed E-state index contributed by atoms with van der Waals surface area (Å²) in [7, 11) is 1.91. The van der Waals surface area contributed by atoms with Crippen LogP contribution in [0.2, 0.25) is 10.0 Å². The second-order valence-electron chi connectivity index (χ2n) is 6.06. The van der Waals surface area contributed by atoms with Gasteiger partial charge in [-0.15, -0.1) is 0 Å². The highest BCUT2D eigenvalue weighted by atomic mass is 35.5. The molecule has 0 spiro atoms. The zero-order valence-corrected chi connectivity index (χ0v) is 14.8. The maximum absolute atomic E-state index is 12.1. The van der Waals surface area contributed by atoms with E-state index in [4.69, 9.17) is 23.2 Å². The van der Waals surface area contributed by atoms with E-state index in [0.717, 1.165) is 10.5 Å². The number of nitrogens with one attached hydrogen (secondary N) is 2. The number of hydrogen-bond acceptors (Lipinski definition) is 2. The third-order valence-corrected chi connectivity index (χ3v) is 4.34. The lowest BCUT2D eigenvalue weighted by atomic mass is 9.90. The van der Waals surface area contributed by atoms with Gasteiger partial charge >= 0.3 is 0 Å². The van der Waals surface area contributed by atoms with E-state index < -0.39 is 5.54 Å². The quantitative estimate of drug-likeness (QED) is 0.831. The first kappa shape index (κ1) is 18.8. The number of carbonyl (C=O) groups excluding carboxylic acids is 1. The number of rotatable bonds is 6. The Morgan fingerprint density at radius 1 is 1.45 bits per heavy atom. The minimum absolute atomic E-state index is 0.0347. The van der Waals surface area contributed by atoms with Crippen molar-refractivity contribution in [1.82, 2.24) is 5.32 Å². The third kappa shape index (κ3) is 5.17. The summed E-state index contributed by atoms with van der Waals surface area (Å²) in [6.07, 6.45) is 0. The molecule has 0 saturated carbocycles. The molecule has 0 aliphatic rings. The third-order valence-electron chi connectivity index (χ3n) is 3.76. The fourth-order valence-corrected chi connectivity index (χ4v) is 2.44. The molecule has 1 rings (SSSR count). The predicted molar refractivity (Wildman–Crippen MR) is 88.9 cm³/mol. The lowest BCUT2D eigenvalue weighted by molar-refractivity contribution is -0.885. The predicted octanol–water partition coefficient (Wildman–Crippen LogP) is 2.06. The molecular weight excluding hydrogens is 321 g/mol. The molecule has 0 aliphatic heterocycles. The molecule has 1 amide bonds. The number of nitriles is 1. The smallest absolute Gasteiger partial charge is 0.276 e. The van der Waals surface area contributed by atoms with Crippen molar-refractivity contribution in [3.8, 4) is 6.07 Å². The largest absolute Gasteiger partial charge is 0.333 e. The average Bonchev–Trinajstić information content (AvgIpc) is 2.41. The summed E-state index contributed by atoms with van der Waals surface area (Å²) in [5.74, 6) is -0.118. The summed E-state index contributed by atoms with van der Waals surface area (Å²) in [6, 6.07) is 7.50. The molecule has 6 heteroatoms. The highest BCUT2D eigenvalue weighted by molar-refractivity contribution is 6.35. The Morgan fingerprint density at radius 2 is 2.09 bits per heavy atom. The van der Waals surface area contributed by atoms with Gasteiger partial charge in [0.1, 0.15) is 12.1 Å². The normalized spacial score (nSPS) is 15.0. The van der Waals surface area contributed by atoms with Crippen molar-refractivity contribution in [1.29, 1.82) is 5.26 Å². The zero-order valence-electron chi connectivity index (χ0n) is 13.3. The van der Waals surface area contributed by atoms with Gasteiger partial charge in [0.05, 0.1) is 18.1 Å². The molecule has 2 N–H and O–H groups in total. The molecule has 4 nitrogen and oxygen atoms in total. The highest BCUT2D eigenvalue weighted by Gasteiger charge is 2.30. The monoisotopic (exact) mass is 342 g/mol.